The van der Waals surface area contributed by atoms with Crippen LogP contribution >= 0.6 is 23.2 Å². The Morgan fingerprint density at radius 2 is 1.59 bits per heavy atom. The maximum absolute atomic E-state index is 13.4. The van der Waals surface area contributed by atoms with Crippen LogP contribution in [0.3, 0.4) is 0 Å². The normalized spacial score (nSPS) is 11.0. The highest BCUT2D eigenvalue weighted by Gasteiger charge is 2.30. The van der Waals surface area contributed by atoms with Gasteiger partial charge < -0.3 is 5.32 Å². The second kappa shape index (κ2) is 10.3. The van der Waals surface area contributed by atoms with Gasteiger partial charge in [-0.3, -0.25) is 19.8 Å². The predicted octanol–water partition coefficient (Wildman–Crippen LogP) is 6.20. The van der Waals surface area contributed by atoms with Crippen molar-refractivity contribution in [3.05, 3.63) is 87.9 Å². The zero-order valence-electron chi connectivity index (χ0n) is 19.3. The van der Waals surface area contributed by atoms with E-state index in [1.165, 1.54) is 18.0 Å². The molecule has 8 heteroatoms. The highest BCUT2D eigenvalue weighted by molar-refractivity contribution is 6.34. The van der Waals surface area contributed by atoms with Gasteiger partial charge in [-0.05, 0) is 68.3 Å². The summed E-state index contributed by atoms with van der Waals surface area (Å²) in [6.45, 7) is 6.79. The molecule has 0 aliphatic heterocycles. The van der Waals surface area contributed by atoms with Gasteiger partial charge in [0, 0.05) is 23.1 Å². The highest BCUT2D eigenvalue weighted by atomic mass is 35.5. The van der Waals surface area contributed by atoms with E-state index in [4.69, 9.17) is 23.2 Å². The van der Waals surface area contributed by atoms with E-state index in [0.29, 0.717) is 21.8 Å². The number of nitrogens with one attached hydrogen (secondary N) is 2. The Hall–Kier alpha value is -3.35. The van der Waals surface area contributed by atoms with Crippen LogP contribution in [0.5, 0.6) is 0 Å². The van der Waals surface area contributed by atoms with Gasteiger partial charge in [0.25, 0.3) is 11.8 Å². The molecule has 0 aromatic heterocycles. The molecule has 0 bridgehead atoms. The third-order valence-electron chi connectivity index (χ3n) is 4.92. The smallest absolute Gasteiger partial charge is 0.272 e. The fourth-order valence-corrected chi connectivity index (χ4v) is 3.76. The molecule has 0 fully saturated rings. The molecule has 0 aliphatic carbocycles. The first kappa shape index (κ1) is 25.3. The summed E-state index contributed by atoms with van der Waals surface area (Å²) in [5, 5.41) is 4.64. The van der Waals surface area contributed by atoms with Gasteiger partial charge in [-0.1, -0.05) is 53.5 Å². The summed E-state index contributed by atoms with van der Waals surface area (Å²) in [6, 6.07) is 18.9. The summed E-state index contributed by atoms with van der Waals surface area (Å²) in [6.07, 6.45) is 0. The number of benzene rings is 3. The first-order valence-electron chi connectivity index (χ1n) is 10.5. The van der Waals surface area contributed by atoms with Crippen molar-refractivity contribution in [3.63, 3.8) is 0 Å². The number of carbonyl (C=O) groups is 3. The maximum Gasteiger partial charge on any atom is 0.272 e. The Labute approximate surface area is 208 Å². The third kappa shape index (κ3) is 5.95. The summed E-state index contributed by atoms with van der Waals surface area (Å²) < 4.78 is 0. The van der Waals surface area contributed by atoms with Gasteiger partial charge in [0.2, 0.25) is 5.91 Å². The van der Waals surface area contributed by atoms with Crippen molar-refractivity contribution < 1.29 is 14.4 Å². The molecule has 3 amide bonds. The van der Waals surface area contributed by atoms with Crippen molar-refractivity contribution in [2.45, 2.75) is 33.2 Å². The Bertz CT molecular complexity index is 1250. The first-order valence-corrected chi connectivity index (χ1v) is 11.3. The summed E-state index contributed by atoms with van der Waals surface area (Å²) in [5.74, 6) is -1.17. The van der Waals surface area contributed by atoms with Crippen molar-refractivity contribution in [2.24, 2.45) is 0 Å². The summed E-state index contributed by atoms with van der Waals surface area (Å²) in [5.41, 5.74) is 4.53. The molecule has 3 rings (SSSR count). The van der Waals surface area contributed by atoms with Crippen LogP contribution in [0.15, 0.2) is 66.7 Å². The number of nitrogens with zero attached hydrogens (tertiary/aromatic N) is 1. The minimum Gasteiger partial charge on any atom is -0.325 e. The van der Waals surface area contributed by atoms with E-state index in [1.807, 2.05) is 24.3 Å². The van der Waals surface area contributed by atoms with E-state index >= 15 is 0 Å². The molecule has 0 aliphatic rings. The Morgan fingerprint density at radius 3 is 2.21 bits per heavy atom. The Kier molecular flexibility index (Phi) is 7.64. The molecule has 176 valence electrons. The van der Waals surface area contributed by atoms with E-state index < -0.39 is 17.4 Å². The highest BCUT2D eigenvalue weighted by Crippen LogP contribution is 2.28. The standard InChI is InChI=1S/C26H25Cl2N3O3/c1-16(32)29-23-13-12-18(15-22(23)28)25(34)31(26(2,3)4)30-24(33)21-11-6-5-10-20(21)17-8-7-9-19(27)14-17/h5-15H,1-4H3,(H,29,32)(H,30,33). The van der Waals surface area contributed by atoms with Crippen LogP contribution in [0.2, 0.25) is 10.0 Å². The quantitative estimate of drug-likeness (QED) is 0.420. The number of hydrogen-bond acceptors (Lipinski definition) is 3. The number of anilines is 1. The van der Waals surface area contributed by atoms with E-state index in [2.05, 4.69) is 10.7 Å². The van der Waals surface area contributed by atoms with E-state index in [0.717, 1.165) is 5.56 Å². The van der Waals surface area contributed by atoms with E-state index in [-0.39, 0.29) is 16.5 Å². The molecule has 34 heavy (non-hydrogen) atoms. The molecule has 3 aromatic carbocycles. The van der Waals surface area contributed by atoms with Gasteiger partial charge in [0.05, 0.1) is 16.2 Å². The van der Waals surface area contributed by atoms with Crippen molar-refractivity contribution in [2.75, 3.05) is 5.32 Å². The fourth-order valence-electron chi connectivity index (χ4n) is 3.34. The third-order valence-corrected chi connectivity index (χ3v) is 5.47. The SMILES string of the molecule is CC(=O)Nc1ccc(C(=O)N(NC(=O)c2ccccc2-c2cccc(Cl)c2)C(C)(C)C)cc1Cl. The number of carbonyl (C=O) groups excluding carboxylic acids is 3. The van der Waals surface area contributed by atoms with Gasteiger partial charge >= 0.3 is 0 Å². The number of amides is 3. The van der Waals surface area contributed by atoms with Gasteiger partial charge in [-0.2, -0.15) is 0 Å². The van der Waals surface area contributed by atoms with Gasteiger partial charge in [0.15, 0.2) is 0 Å². The molecule has 0 saturated carbocycles. The van der Waals surface area contributed by atoms with Gasteiger partial charge in [0.1, 0.15) is 0 Å². The second-order valence-electron chi connectivity index (χ2n) is 8.68. The summed E-state index contributed by atoms with van der Waals surface area (Å²) in [4.78, 5) is 38.1. The molecular weight excluding hydrogens is 473 g/mol. The van der Waals surface area contributed by atoms with Crippen molar-refractivity contribution in [3.8, 4) is 11.1 Å². The van der Waals surface area contributed by atoms with Gasteiger partial charge in [-0.15, -0.1) is 0 Å². The molecule has 6 nitrogen and oxygen atoms in total. The lowest BCUT2D eigenvalue weighted by molar-refractivity contribution is -0.114. The zero-order valence-corrected chi connectivity index (χ0v) is 20.8. The molecule has 0 heterocycles. The number of hydrazine groups is 1. The number of rotatable bonds is 4. The second-order valence-corrected chi connectivity index (χ2v) is 9.53. The Balaban J connectivity index is 1.93. The summed E-state index contributed by atoms with van der Waals surface area (Å²) in [7, 11) is 0. The van der Waals surface area contributed by atoms with Crippen LogP contribution in [-0.4, -0.2) is 28.3 Å². The molecule has 0 atom stereocenters. The van der Waals surface area contributed by atoms with Crippen LogP contribution in [-0.2, 0) is 4.79 Å². The predicted molar refractivity (Wildman–Crippen MR) is 136 cm³/mol. The van der Waals surface area contributed by atoms with Crippen LogP contribution in [0, 0.1) is 0 Å². The Morgan fingerprint density at radius 1 is 0.882 bits per heavy atom. The maximum atomic E-state index is 13.4. The molecule has 2 N–H and O–H groups in total. The van der Waals surface area contributed by atoms with E-state index in [1.54, 1.807) is 57.2 Å². The average molecular weight is 498 g/mol. The molecule has 0 unspecified atom stereocenters. The van der Waals surface area contributed by atoms with Crippen LogP contribution in [0.25, 0.3) is 11.1 Å². The van der Waals surface area contributed by atoms with Crippen LogP contribution in [0.4, 0.5) is 5.69 Å². The largest absolute Gasteiger partial charge is 0.325 e. The first-order chi connectivity index (χ1) is 16.0. The van der Waals surface area contributed by atoms with Crippen LogP contribution in [0.1, 0.15) is 48.4 Å². The zero-order chi connectivity index (χ0) is 25.0. The summed E-state index contributed by atoms with van der Waals surface area (Å²) >= 11 is 12.4. The molecule has 0 spiro atoms. The van der Waals surface area contributed by atoms with E-state index in [9.17, 15) is 14.4 Å². The minimum atomic E-state index is -0.749. The lowest BCUT2D eigenvalue weighted by Crippen LogP contribution is -2.56. The lowest BCUT2D eigenvalue weighted by Gasteiger charge is -2.35. The van der Waals surface area contributed by atoms with Crippen molar-refractivity contribution in [1.29, 1.82) is 0 Å². The van der Waals surface area contributed by atoms with Crippen LogP contribution < -0.4 is 10.7 Å². The van der Waals surface area contributed by atoms with Crippen molar-refractivity contribution >= 4 is 46.6 Å². The molecular formula is C26H25Cl2N3O3. The topological polar surface area (TPSA) is 78.5 Å². The molecule has 0 saturated heterocycles. The van der Waals surface area contributed by atoms with Gasteiger partial charge in [-0.25, -0.2) is 5.01 Å². The molecule has 0 radical (unpaired) electrons. The lowest BCUT2D eigenvalue weighted by atomic mass is 9.99. The number of halogens is 2. The monoisotopic (exact) mass is 497 g/mol. The average Bonchev–Trinajstić information content (AvgIpc) is 2.77. The number of hydrogen-bond donors (Lipinski definition) is 2. The fraction of sp³-hybridized carbons (Fsp3) is 0.192. The minimum absolute atomic E-state index is 0.215. The molecule has 3 aromatic rings. The van der Waals surface area contributed by atoms with Crippen molar-refractivity contribution in [1.82, 2.24) is 10.4 Å².